The molecule has 0 radical (unpaired) electrons. The van der Waals surface area contributed by atoms with E-state index in [-0.39, 0.29) is 17.9 Å². The average Bonchev–Trinajstić information content (AvgIpc) is 2.96. The minimum absolute atomic E-state index is 0.0576. The molecule has 0 bridgehead atoms. The first-order valence-corrected chi connectivity index (χ1v) is 9.37. The van der Waals surface area contributed by atoms with Crippen LogP contribution in [0.15, 0.2) is 42.5 Å². The van der Waals surface area contributed by atoms with Gasteiger partial charge in [0.25, 0.3) is 5.69 Å². The number of anilines is 1. The molecular weight excluding hydrogens is 368 g/mol. The minimum Gasteiger partial charge on any atom is -0.457 e. The van der Waals surface area contributed by atoms with Crippen LogP contribution in [0, 0.1) is 10.1 Å². The average molecular weight is 389 g/mol. The predicted molar refractivity (Wildman–Crippen MR) is 104 cm³/mol. The lowest BCUT2D eigenvalue weighted by Crippen LogP contribution is -2.24. The molecule has 1 heterocycles. The van der Waals surface area contributed by atoms with Gasteiger partial charge >= 0.3 is 5.97 Å². The van der Waals surface area contributed by atoms with E-state index in [0.717, 1.165) is 44.3 Å². The van der Waals surface area contributed by atoms with Crippen molar-refractivity contribution >= 4 is 28.9 Å². The molecule has 7 heteroatoms. The summed E-state index contributed by atoms with van der Waals surface area (Å²) in [6, 6.07) is 11.5. The van der Waals surface area contributed by atoms with E-state index >= 15 is 0 Å². The second kappa shape index (κ2) is 8.86. The Kier molecular flexibility index (Phi) is 6.29. The van der Waals surface area contributed by atoms with Crippen molar-refractivity contribution < 1.29 is 14.5 Å². The fraction of sp³-hybridized carbons (Fsp3) is 0.350. The van der Waals surface area contributed by atoms with Crippen LogP contribution in [0.1, 0.15) is 41.6 Å². The highest BCUT2D eigenvalue weighted by atomic mass is 35.5. The van der Waals surface area contributed by atoms with Crippen molar-refractivity contribution in [3.63, 3.8) is 0 Å². The van der Waals surface area contributed by atoms with Crippen LogP contribution in [-0.4, -0.2) is 24.0 Å². The first-order chi connectivity index (χ1) is 13.0. The summed E-state index contributed by atoms with van der Waals surface area (Å²) >= 11 is 5.83. The molecule has 0 amide bonds. The molecule has 142 valence electrons. The second-order valence-electron chi connectivity index (χ2n) is 6.56. The fourth-order valence-electron chi connectivity index (χ4n) is 3.19. The topological polar surface area (TPSA) is 72.7 Å². The molecule has 0 N–H and O–H groups in total. The number of carbonyl (C=O) groups is 1. The van der Waals surface area contributed by atoms with Crippen LogP contribution < -0.4 is 4.90 Å². The van der Waals surface area contributed by atoms with Crippen LogP contribution in [0.5, 0.6) is 0 Å². The first kappa shape index (κ1) is 19.2. The number of carbonyl (C=O) groups excluding carboxylic acids is 1. The molecule has 6 nitrogen and oxygen atoms in total. The number of nitrogens with zero attached hydrogens (tertiary/aromatic N) is 2. The molecule has 1 aliphatic rings. The molecular formula is C20H21ClN2O4. The molecule has 0 saturated carbocycles. The number of nitro benzene ring substituents is 1. The van der Waals surface area contributed by atoms with Gasteiger partial charge < -0.3 is 9.64 Å². The largest absolute Gasteiger partial charge is 0.457 e. The van der Waals surface area contributed by atoms with E-state index in [4.69, 9.17) is 16.3 Å². The molecule has 27 heavy (non-hydrogen) atoms. The molecule has 2 aromatic carbocycles. The SMILES string of the molecule is O=C(OCc1ccc(Cl)cc1)c1ccc(N2CCCCCC2)c([N+](=O)[O-])c1. The van der Waals surface area contributed by atoms with Gasteiger partial charge in [0.05, 0.1) is 10.5 Å². The Labute approximate surface area is 162 Å². The van der Waals surface area contributed by atoms with E-state index in [2.05, 4.69) is 0 Å². The molecule has 0 aromatic heterocycles. The van der Waals surface area contributed by atoms with Crippen molar-refractivity contribution in [2.24, 2.45) is 0 Å². The predicted octanol–water partition coefficient (Wildman–Crippen LogP) is 4.99. The summed E-state index contributed by atoms with van der Waals surface area (Å²) in [7, 11) is 0. The lowest BCUT2D eigenvalue weighted by atomic mass is 10.1. The van der Waals surface area contributed by atoms with E-state index in [1.807, 2.05) is 4.90 Å². The van der Waals surface area contributed by atoms with Crippen LogP contribution >= 0.6 is 11.6 Å². The van der Waals surface area contributed by atoms with Crippen LogP contribution in [-0.2, 0) is 11.3 Å². The monoisotopic (exact) mass is 388 g/mol. The van der Waals surface area contributed by atoms with Gasteiger partial charge in [-0.1, -0.05) is 36.6 Å². The number of benzene rings is 2. The number of halogens is 1. The minimum atomic E-state index is -0.588. The first-order valence-electron chi connectivity index (χ1n) is 8.99. The van der Waals surface area contributed by atoms with Crippen LogP contribution in [0.25, 0.3) is 0 Å². The molecule has 0 aliphatic carbocycles. The highest BCUT2D eigenvalue weighted by Gasteiger charge is 2.23. The van der Waals surface area contributed by atoms with Crippen molar-refractivity contribution in [3.8, 4) is 0 Å². The standard InChI is InChI=1S/C20H21ClN2O4/c21-17-8-5-15(6-9-17)14-27-20(24)16-7-10-18(19(13-16)23(25)26)22-11-3-1-2-4-12-22/h5-10,13H,1-4,11-12,14H2. The van der Waals surface area contributed by atoms with Gasteiger partial charge in [-0.15, -0.1) is 0 Å². The van der Waals surface area contributed by atoms with Crippen molar-refractivity contribution in [2.75, 3.05) is 18.0 Å². The zero-order valence-electron chi connectivity index (χ0n) is 14.9. The summed E-state index contributed by atoms with van der Waals surface area (Å²) in [5, 5.41) is 12.2. The third-order valence-corrected chi connectivity index (χ3v) is 4.89. The molecule has 1 fully saturated rings. The van der Waals surface area contributed by atoms with Gasteiger partial charge in [0.15, 0.2) is 0 Å². The zero-order valence-corrected chi connectivity index (χ0v) is 15.7. The molecule has 1 aliphatic heterocycles. The van der Waals surface area contributed by atoms with Crippen molar-refractivity contribution in [2.45, 2.75) is 32.3 Å². The van der Waals surface area contributed by atoms with Crippen molar-refractivity contribution in [3.05, 3.63) is 68.7 Å². The summed E-state index contributed by atoms with van der Waals surface area (Å²) in [6.07, 6.45) is 4.31. The molecule has 1 saturated heterocycles. The van der Waals surface area contributed by atoms with Gasteiger partial charge in [0, 0.05) is 24.2 Å². The highest BCUT2D eigenvalue weighted by Crippen LogP contribution is 2.31. The van der Waals surface area contributed by atoms with Crippen molar-refractivity contribution in [1.29, 1.82) is 0 Å². The third kappa shape index (κ3) is 4.98. The van der Waals surface area contributed by atoms with Gasteiger partial charge in [-0.25, -0.2) is 4.79 Å². The molecule has 0 unspecified atom stereocenters. The number of rotatable bonds is 5. The van der Waals surface area contributed by atoms with E-state index in [1.54, 1.807) is 36.4 Å². The van der Waals surface area contributed by atoms with Crippen LogP contribution in [0.4, 0.5) is 11.4 Å². The summed E-state index contributed by atoms with van der Waals surface area (Å²) < 4.78 is 5.28. The Morgan fingerprint density at radius 3 is 2.37 bits per heavy atom. The Morgan fingerprint density at radius 2 is 1.74 bits per heavy atom. The number of hydrogen-bond acceptors (Lipinski definition) is 5. The highest BCUT2D eigenvalue weighted by molar-refractivity contribution is 6.30. The van der Waals surface area contributed by atoms with E-state index in [9.17, 15) is 14.9 Å². The Bertz CT molecular complexity index is 815. The normalized spacial score (nSPS) is 14.5. The van der Waals surface area contributed by atoms with E-state index in [0.29, 0.717) is 10.7 Å². The zero-order chi connectivity index (χ0) is 19.2. The molecule has 0 spiro atoms. The molecule has 2 aromatic rings. The van der Waals surface area contributed by atoms with Gasteiger partial charge in [0.2, 0.25) is 0 Å². The summed E-state index contributed by atoms with van der Waals surface area (Å²) in [4.78, 5) is 25.5. The maximum atomic E-state index is 12.3. The maximum absolute atomic E-state index is 12.3. The smallest absolute Gasteiger partial charge is 0.338 e. The van der Waals surface area contributed by atoms with Gasteiger partial charge in [-0.2, -0.15) is 0 Å². The van der Waals surface area contributed by atoms with Gasteiger partial charge in [-0.3, -0.25) is 10.1 Å². The van der Waals surface area contributed by atoms with E-state index < -0.39 is 10.9 Å². The number of nitro groups is 1. The van der Waals surface area contributed by atoms with E-state index in [1.165, 1.54) is 6.07 Å². The summed E-state index contributed by atoms with van der Waals surface area (Å²) in [5.41, 5.74) is 1.48. The number of hydrogen-bond donors (Lipinski definition) is 0. The van der Waals surface area contributed by atoms with Gasteiger partial charge in [-0.05, 0) is 42.7 Å². The molecule has 3 rings (SSSR count). The van der Waals surface area contributed by atoms with Gasteiger partial charge in [0.1, 0.15) is 12.3 Å². The Morgan fingerprint density at radius 1 is 1.07 bits per heavy atom. The molecule has 0 atom stereocenters. The third-order valence-electron chi connectivity index (χ3n) is 4.64. The van der Waals surface area contributed by atoms with Crippen LogP contribution in [0.3, 0.4) is 0 Å². The Hall–Kier alpha value is -2.60. The van der Waals surface area contributed by atoms with Crippen LogP contribution in [0.2, 0.25) is 5.02 Å². The maximum Gasteiger partial charge on any atom is 0.338 e. The number of esters is 1. The number of ether oxygens (including phenoxy) is 1. The van der Waals surface area contributed by atoms with Crippen molar-refractivity contribution in [1.82, 2.24) is 0 Å². The summed E-state index contributed by atoms with van der Waals surface area (Å²) in [5.74, 6) is -0.588. The summed E-state index contributed by atoms with van der Waals surface area (Å²) in [6.45, 7) is 1.67. The lowest BCUT2D eigenvalue weighted by molar-refractivity contribution is -0.384. The Balaban J connectivity index is 1.75. The quantitative estimate of drug-likeness (QED) is 0.410. The lowest BCUT2D eigenvalue weighted by Gasteiger charge is -2.22. The second-order valence-corrected chi connectivity index (χ2v) is 7.00. The fourth-order valence-corrected chi connectivity index (χ4v) is 3.31.